The molecule has 0 amide bonds. The van der Waals surface area contributed by atoms with Crippen LogP contribution in [0.2, 0.25) is 0 Å². The maximum Gasteiger partial charge on any atom is 0.191 e. The zero-order valence-electron chi connectivity index (χ0n) is 17.4. The Hall–Kier alpha value is -3.28. The Kier molecular flexibility index (Phi) is 7.28. The number of aryl methyl sites for hydroxylation is 1. The summed E-state index contributed by atoms with van der Waals surface area (Å²) in [6.07, 6.45) is 4.83. The molecule has 0 aliphatic rings. The van der Waals surface area contributed by atoms with Gasteiger partial charge in [-0.2, -0.15) is 5.10 Å². The lowest BCUT2D eigenvalue weighted by atomic mass is 10.1. The second-order valence-corrected chi connectivity index (χ2v) is 6.78. The molecule has 0 saturated carbocycles. The highest BCUT2D eigenvalue weighted by molar-refractivity contribution is 5.79. The largest absolute Gasteiger partial charge is 0.494 e. The number of para-hydroxylation sites is 1. The molecule has 0 radical (unpaired) electrons. The lowest BCUT2D eigenvalue weighted by molar-refractivity contribution is 0.336. The van der Waals surface area contributed by atoms with E-state index in [4.69, 9.17) is 4.74 Å². The van der Waals surface area contributed by atoms with Gasteiger partial charge in [-0.15, -0.1) is 0 Å². The van der Waals surface area contributed by atoms with Crippen LogP contribution in [-0.2, 0) is 13.0 Å². The summed E-state index contributed by atoms with van der Waals surface area (Å²) in [7, 11) is 1.78. The van der Waals surface area contributed by atoms with Crippen molar-refractivity contribution in [3.05, 3.63) is 77.6 Å². The van der Waals surface area contributed by atoms with Crippen LogP contribution in [-0.4, -0.2) is 35.9 Å². The third-order valence-electron chi connectivity index (χ3n) is 4.56. The minimum Gasteiger partial charge on any atom is -0.494 e. The van der Waals surface area contributed by atoms with Gasteiger partial charge in [-0.1, -0.05) is 30.3 Å². The standard InChI is InChI=1S/C23H29N5O/c1-4-29-22-14-18(2)10-11-20(22)16-26-23(24-3)25-13-12-19-15-27-28(17-19)21-8-6-5-7-9-21/h5-11,14-15,17H,4,12-13,16H2,1-3H3,(H2,24,25,26). The summed E-state index contributed by atoms with van der Waals surface area (Å²) in [5.74, 6) is 1.69. The first kappa shape index (κ1) is 20.5. The number of nitrogens with zero attached hydrogens (tertiary/aromatic N) is 3. The van der Waals surface area contributed by atoms with Gasteiger partial charge < -0.3 is 15.4 Å². The Morgan fingerprint density at radius 2 is 1.97 bits per heavy atom. The van der Waals surface area contributed by atoms with E-state index in [1.165, 1.54) is 11.1 Å². The van der Waals surface area contributed by atoms with Crippen LogP contribution < -0.4 is 15.4 Å². The first-order valence-corrected chi connectivity index (χ1v) is 9.95. The van der Waals surface area contributed by atoms with Crippen molar-refractivity contribution in [1.82, 2.24) is 20.4 Å². The van der Waals surface area contributed by atoms with Crippen LogP contribution in [0.5, 0.6) is 5.75 Å². The molecule has 152 valence electrons. The molecule has 3 aromatic rings. The summed E-state index contributed by atoms with van der Waals surface area (Å²) in [6, 6.07) is 16.4. The van der Waals surface area contributed by atoms with E-state index in [0.717, 1.165) is 35.9 Å². The molecule has 0 aliphatic heterocycles. The predicted molar refractivity (Wildman–Crippen MR) is 118 cm³/mol. The van der Waals surface area contributed by atoms with Crippen LogP contribution in [0.4, 0.5) is 0 Å². The van der Waals surface area contributed by atoms with Gasteiger partial charge in [0.1, 0.15) is 5.75 Å². The van der Waals surface area contributed by atoms with Gasteiger partial charge in [-0.05, 0) is 49.6 Å². The van der Waals surface area contributed by atoms with Crippen molar-refractivity contribution in [3.63, 3.8) is 0 Å². The molecule has 1 heterocycles. The number of aliphatic imine (C=N–C) groups is 1. The number of guanidine groups is 1. The number of hydrogen-bond donors (Lipinski definition) is 2. The molecule has 0 bridgehead atoms. The SMILES string of the molecule is CCOc1cc(C)ccc1CNC(=NC)NCCc1cnn(-c2ccccc2)c1. The van der Waals surface area contributed by atoms with Crippen molar-refractivity contribution in [2.75, 3.05) is 20.2 Å². The van der Waals surface area contributed by atoms with Gasteiger partial charge >= 0.3 is 0 Å². The van der Waals surface area contributed by atoms with Crippen LogP contribution in [0.1, 0.15) is 23.6 Å². The minimum atomic E-state index is 0.653. The molecule has 2 N–H and O–H groups in total. The second kappa shape index (κ2) is 10.3. The molecular formula is C23H29N5O. The fourth-order valence-corrected chi connectivity index (χ4v) is 3.03. The van der Waals surface area contributed by atoms with Gasteiger partial charge in [0, 0.05) is 31.9 Å². The zero-order valence-corrected chi connectivity index (χ0v) is 17.4. The highest BCUT2D eigenvalue weighted by Crippen LogP contribution is 2.20. The number of ether oxygens (including phenoxy) is 1. The van der Waals surface area contributed by atoms with Crippen LogP contribution in [0.15, 0.2) is 65.9 Å². The van der Waals surface area contributed by atoms with Gasteiger partial charge in [0.25, 0.3) is 0 Å². The summed E-state index contributed by atoms with van der Waals surface area (Å²) in [6.45, 7) is 6.15. The van der Waals surface area contributed by atoms with Gasteiger partial charge in [0.15, 0.2) is 5.96 Å². The van der Waals surface area contributed by atoms with E-state index in [9.17, 15) is 0 Å². The van der Waals surface area contributed by atoms with Crippen molar-refractivity contribution < 1.29 is 4.74 Å². The van der Waals surface area contributed by atoms with E-state index < -0.39 is 0 Å². The van der Waals surface area contributed by atoms with E-state index in [1.807, 2.05) is 48.1 Å². The van der Waals surface area contributed by atoms with Crippen LogP contribution in [0.25, 0.3) is 5.69 Å². The maximum atomic E-state index is 5.75. The van der Waals surface area contributed by atoms with Crippen molar-refractivity contribution >= 4 is 5.96 Å². The molecule has 0 aliphatic carbocycles. The first-order valence-electron chi connectivity index (χ1n) is 9.95. The Labute approximate surface area is 172 Å². The normalized spacial score (nSPS) is 11.3. The van der Waals surface area contributed by atoms with Gasteiger partial charge in [-0.3, -0.25) is 4.99 Å². The molecule has 0 saturated heterocycles. The van der Waals surface area contributed by atoms with Crippen LogP contribution in [0.3, 0.4) is 0 Å². The molecule has 1 aromatic heterocycles. The van der Waals surface area contributed by atoms with Crippen LogP contribution >= 0.6 is 0 Å². The molecule has 6 heteroatoms. The van der Waals surface area contributed by atoms with E-state index in [2.05, 4.69) is 52.0 Å². The van der Waals surface area contributed by atoms with Crippen molar-refractivity contribution in [1.29, 1.82) is 0 Å². The summed E-state index contributed by atoms with van der Waals surface area (Å²) in [5, 5.41) is 11.2. The quantitative estimate of drug-likeness (QED) is 0.456. The summed E-state index contributed by atoms with van der Waals surface area (Å²) in [5.41, 5.74) is 4.54. The van der Waals surface area contributed by atoms with E-state index >= 15 is 0 Å². The van der Waals surface area contributed by atoms with E-state index in [-0.39, 0.29) is 0 Å². The third-order valence-corrected chi connectivity index (χ3v) is 4.56. The summed E-state index contributed by atoms with van der Waals surface area (Å²) < 4.78 is 7.65. The number of hydrogen-bond acceptors (Lipinski definition) is 3. The van der Waals surface area contributed by atoms with Gasteiger partial charge in [0.2, 0.25) is 0 Å². The number of nitrogens with one attached hydrogen (secondary N) is 2. The molecule has 0 fully saturated rings. The van der Waals surface area contributed by atoms with E-state index in [0.29, 0.717) is 13.2 Å². The Bertz CT molecular complexity index is 933. The smallest absolute Gasteiger partial charge is 0.191 e. The van der Waals surface area contributed by atoms with Gasteiger partial charge in [-0.25, -0.2) is 4.68 Å². The monoisotopic (exact) mass is 391 g/mol. The highest BCUT2D eigenvalue weighted by atomic mass is 16.5. The Morgan fingerprint density at radius 1 is 1.14 bits per heavy atom. The summed E-state index contributed by atoms with van der Waals surface area (Å²) in [4.78, 5) is 4.31. The van der Waals surface area contributed by atoms with Gasteiger partial charge in [0.05, 0.1) is 18.5 Å². The van der Waals surface area contributed by atoms with Crippen LogP contribution in [0, 0.1) is 6.92 Å². The molecule has 3 rings (SSSR count). The molecule has 2 aromatic carbocycles. The Morgan fingerprint density at radius 3 is 2.72 bits per heavy atom. The number of rotatable bonds is 8. The second-order valence-electron chi connectivity index (χ2n) is 6.78. The lowest BCUT2D eigenvalue weighted by Crippen LogP contribution is -2.37. The molecule has 0 unspecified atom stereocenters. The first-order chi connectivity index (χ1) is 14.2. The highest BCUT2D eigenvalue weighted by Gasteiger charge is 2.06. The molecule has 29 heavy (non-hydrogen) atoms. The van der Waals surface area contributed by atoms with Crippen molar-refractivity contribution in [3.8, 4) is 11.4 Å². The molecule has 0 spiro atoms. The lowest BCUT2D eigenvalue weighted by Gasteiger charge is -2.14. The maximum absolute atomic E-state index is 5.75. The average Bonchev–Trinajstić information content (AvgIpc) is 3.21. The Balaban J connectivity index is 1.50. The van der Waals surface area contributed by atoms with Crippen molar-refractivity contribution in [2.24, 2.45) is 4.99 Å². The van der Waals surface area contributed by atoms with E-state index in [1.54, 1.807) is 7.05 Å². The fourth-order valence-electron chi connectivity index (χ4n) is 3.03. The third kappa shape index (κ3) is 5.85. The van der Waals surface area contributed by atoms with Crippen molar-refractivity contribution in [2.45, 2.75) is 26.8 Å². The fraction of sp³-hybridized carbons (Fsp3) is 0.304. The number of aromatic nitrogens is 2. The average molecular weight is 392 g/mol. The number of benzene rings is 2. The summed E-state index contributed by atoms with van der Waals surface area (Å²) >= 11 is 0. The molecule has 6 nitrogen and oxygen atoms in total. The zero-order chi connectivity index (χ0) is 20.5. The topological polar surface area (TPSA) is 63.5 Å². The minimum absolute atomic E-state index is 0.653. The molecule has 0 atom stereocenters. The molecular weight excluding hydrogens is 362 g/mol. The predicted octanol–water partition coefficient (Wildman–Crippen LogP) is 3.49.